The van der Waals surface area contributed by atoms with Crippen LogP contribution in [0.3, 0.4) is 0 Å². The van der Waals surface area contributed by atoms with Crippen molar-refractivity contribution in [1.82, 2.24) is 4.98 Å². The van der Waals surface area contributed by atoms with E-state index in [9.17, 15) is 13.2 Å². The normalized spacial score (nSPS) is 10.8. The summed E-state index contributed by atoms with van der Waals surface area (Å²) in [5, 5.41) is 0. The van der Waals surface area contributed by atoms with Crippen molar-refractivity contribution in [2.45, 2.75) is 13.1 Å². The Bertz CT molecular complexity index is 277. The monoisotopic (exact) mass is 287 g/mol. The van der Waals surface area contributed by atoms with Crippen LogP contribution in [0.2, 0.25) is 0 Å². The second kappa shape index (κ2) is 4.06. The number of rotatable bonds is 2. The van der Waals surface area contributed by atoms with Gasteiger partial charge in [-0.15, -0.1) is 0 Å². The van der Waals surface area contributed by atoms with Crippen molar-refractivity contribution in [3.8, 4) is 0 Å². The third-order valence-electron chi connectivity index (χ3n) is 1.22. The largest absolute Gasteiger partial charge is 0.280 e. The standard InChI is InChI=1S/C7H5F3IN/c8-3-5-1-4(11)2-6(12-5)7(9)10/h1-2,7H,3H2. The molecule has 0 aliphatic rings. The van der Waals surface area contributed by atoms with Crippen LogP contribution in [-0.4, -0.2) is 4.98 Å². The van der Waals surface area contributed by atoms with E-state index in [2.05, 4.69) is 4.98 Å². The summed E-state index contributed by atoms with van der Waals surface area (Å²) in [6.07, 6.45) is -2.63. The molecular formula is C7H5F3IN. The van der Waals surface area contributed by atoms with Gasteiger partial charge in [0.2, 0.25) is 0 Å². The molecule has 0 saturated heterocycles. The number of hydrogen-bond acceptors (Lipinski definition) is 1. The van der Waals surface area contributed by atoms with Gasteiger partial charge in [0.1, 0.15) is 12.4 Å². The summed E-state index contributed by atoms with van der Waals surface area (Å²) in [6, 6.07) is 2.68. The molecule has 0 atom stereocenters. The van der Waals surface area contributed by atoms with Crippen LogP contribution >= 0.6 is 22.6 Å². The molecule has 0 unspecified atom stereocenters. The maximum atomic E-state index is 12.1. The lowest BCUT2D eigenvalue weighted by molar-refractivity contribution is 0.145. The molecule has 66 valence electrons. The number of hydrogen-bond donors (Lipinski definition) is 0. The molecule has 0 bridgehead atoms. The SMILES string of the molecule is FCc1cc(I)cc(C(F)F)n1. The zero-order chi connectivity index (χ0) is 9.14. The molecule has 0 N–H and O–H groups in total. The van der Waals surface area contributed by atoms with E-state index in [4.69, 9.17) is 0 Å². The fourth-order valence-electron chi connectivity index (χ4n) is 0.753. The van der Waals surface area contributed by atoms with Gasteiger partial charge in [0, 0.05) is 3.57 Å². The molecule has 0 saturated carbocycles. The van der Waals surface area contributed by atoms with E-state index in [1.54, 1.807) is 0 Å². The van der Waals surface area contributed by atoms with Crippen LogP contribution < -0.4 is 0 Å². The van der Waals surface area contributed by atoms with Gasteiger partial charge >= 0.3 is 0 Å². The molecule has 5 heteroatoms. The van der Waals surface area contributed by atoms with E-state index in [1.165, 1.54) is 12.1 Å². The van der Waals surface area contributed by atoms with Gasteiger partial charge in [0.25, 0.3) is 6.43 Å². The molecule has 0 aliphatic heterocycles. The van der Waals surface area contributed by atoms with E-state index in [1.807, 2.05) is 22.6 Å². The van der Waals surface area contributed by atoms with Crippen molar-refractivity contribution >= 4 is 22.6 Å². The van der Waals surface area contributed by atoms with Crippen molar-refractivity contribution in [2.24, 2.45) is 0 Å². The van der Waals surface area contributed by atoms with E-state index >= 15 is 0 Å². The summed E-state index contributed by atoms with van der Waals surface area (Å²) in [5.74, 6) is 0. The second-order valence-electron chi connectivity index (χ2n) is 2.14. The first-order valence-corrected chi connectivity index (χ1v) is 4.22. The zero-order valence-electron chi connectivity index (χ0n) is 5.90. The van der Waals surface area contributed by atoms with Gasteiger partial charge in [-0.2, -0.15) is 0 Å². The highest BCUT2D eigenvalue weighted by atomic mass is 127. The third kappa shape index (κ3) is 2.33. The average Bonchev–Trinajstić information content (AvgIpc) is 2.03. The first kappa shape index (κ1) is 9.76. The zero-order valence-corrected chi connectivity index (χ0v) is 8.06. The fourth-order valence-corrected chi connectivity index (χ4v) is 1.43. The number of nitrogens with zero attached hydrogens (tertiary/aromatic N) is 1. The molecule has 1 nitrogen and oxygen atoms in total. The summed E-state index contributed by atoms with van der Waals surface area (Å²) >= 11 is 1.85. The highest BCUT2D eigenvalue weighted by Gasteiger charge is 2.10. The minimum absolute atomic E-state index is 0.0530. The Kier molecular flexibility index (Phi) is 3.30. The van der Waals surface area contributed by atoms with Crippen molar-refractivity contribution < 1.29 is 13.2 Å². The molecule has 0 aromatic carbocycles. The van der Waals surface area contributed by atoms with E-state index in [0.29, 0.717) is 3.57 Å². The molecule has 0 aliphatic carbocycles. The highest BCUT2D eigenvalue weighted by molar-refractivity contribution is 14.1. The maximum absolute atomic E-state index is 12.1. The van der Waals surface area contributed by atoms with Crippen LogP contribution in [0, 0.1) is 3.57 Å². The van der Waals surface area contributed by atoms with Crippen LogP contribution in [-0.2, 0) is 6.67 Å². The van der Waals surface area contributed by atoms with Gasteiger partial charge in [-0.1, -0.05) is 0 Å². The van der Waals surface area contributed by atoms with Crippen LogP contribution in [0.5, 0.6) is 0 Å². The Morgan fingerprint density at radius 1 is 1.42 bits per heavy atom. The summed E-state index contributed by atoms with van der Waals surface area (Å²) in [7, 11) is 0. The lowest BCUT2D eigenvalue weighted by Crippen LogP contribution is -1.95. The Hall–Kier alpha value is -0.330. The van der Waals surface area contributed by atoms with Crippen LogP contribution in [0.25, 0.3) is 0 Å². The van der Waals surface area contributed by atoms with Gasteiger partial charge in [-0.25, -0.2) is 18.2 Å². The Labute approximate surface area is 81.1 Å². The molecule has 1 aromatic heterocycles. The number of alkyl halides is 3. The van der Waals surface area contributed by atoms with Crippen molar-refractivity contribution in [2.75, 3.05) is 0 Å². The fraction of sp³-hybridized carbons (Fsp3) is 0.286. The Morgan fingerprint density at radius 2 is 2.08 bits per heavy atom. The Balaban J connectivity index is 3.06. The third-order valence-corrected chi connectivity index (χ3v) is 1.85. The molecular weight excluding hydrogens is 282 g/mol. The first-order chi connectivity index (χ1) is 5.63. The number of halogens is 4. The molecule has 0 fully saturated rings. The summed E-state index contributed by atoms with van der Waals surface area (Å²) in [6.45, 7) is -0.809. The lowest BCUT2D eigenvalue weighted by Gasteiger charge is -2.01. The number of aromatic nitrogens is 1. The van der Waals surface area contributed by atoms with Gasteiger partial charge in [-0.05, 0) is 34.7 Å². The maximum Gasteiger partial charge on any atom is 0.280 e. The smallest absolute Gasteiger partial charge is 0.249 e. The summed E-state index contributed by atoms with van der Waals surface area (Å²) < 4.78 is 36.8. The predicted molar refractivity (Wildman–Crippen MR) is 46.7 cm³/mol. The van der Waals surface area contributed by atoms with E-state index < -0.39 is 13.1 Å². The average molecular weight is 287 g/mol. The van der Waals surface area contributed by atoms with Gasteiger partial charge in [-0.3, -0.25) is 0 Å². The molecule has 1 heterocycles. The van der Waals surface area contributed by atoms with Crippen LogP contribution in [0.1, 0.15) is 17.8 Å². The molecule has 1 rings (SSSR count). The topological polar surface area (TPSA) is 12.9 Å². The molecule has 0 amide bonds. The van der Waals surface area contributed by atoms with Crippen LogP contribution in [0.15, 0.2) is 12.1 Å². The van der Waals surface area contributed by atoms with Crippen molar-refractivity contribution in [3.05, 3.63) is 27.1 Å². The molecule has 1 aromatic rings. The highest BCUT2D eigenvalue weighted by Crippen LogP contribution is 2.19. The summed E-state index contributed by atoms with van der Waals surface area (Å²) in [5.41, 5.74) is -0.313. The van der Waals surface area contributed by atoms with Crippen molar-refractivity contribution in [3.63, 3.8) is 0 Å². The van der Waals surface area contributed by atoms with Gasteiger partial charge in [0.05, 0.1) is 5.69 Å². The minimum atomic E-state index is -2.63. The Morgan fingerprint density at radius 3 is 2.58 bits per heavy atom. The van der Waals surface area contributed by atoms with Crippen molar-refractivity contribution in [1.29, 1.82) is 0 Å². The van der Waals surface area contributed by atoms with Crippen LogP contribution in [0.4, 0.5) is 13.2 Å². The van der Waals surface area contributed by atoms with Gasteiger partial charge < -0.3 is 0 Å². The van der Waals surface area contributed by atoms with E-state index in [-0.39, 0.29) is 11.4 Å². The molecule has 0 radical (unpaired) electrons. The second-order valence-corrected chi connectivity index (χ2v) is 3.38. The predicted octanol–water partition coefficient (Wildman–Crippen LogP) is 3.09. The molecule has 12 heavy (non-hydrogen) atoms. The van der Waals surface area contributed by atoms with E-state index in [0.717, 1.165) is 0 Å². The lowest BCUT2D eigenvalue weighted by atomic mass is 10.3. The minimum Gasteiger partial charge on any atom is -0.249 e. The quantitative estimate of drug-likeness (QED) is 0.762. The summed E-state index contributed by atoms with van der Waals surface area (Å²) in [4.78, 5) is 3.42. The van der Waals surface area contributed by atoms with Gasteiger partial charge in [0.15, 0.2) is 0 Å². The number of pyridine rings is 1. The first-order valence-electron chi connectivity index (χ1n) is 3.14. The molecule has 0 spiro atoms.